The number of carbonyl (C=O) groups is 1. The Morgan fingerprint density at radius 1 is 0.700 bits per heavy atom. The van der Waals surface area contributed by atoms with Gasteiger partial charge in [0.15, 0.2) is 5.78 Å². The lowest BCUT2D eigenvalue weighted by Gasteiger charge is -2.29. The van der Waals surface area contributed by atoms with Gasteiger partial charge in [0.2, 0.25) is 10.0 Å². The van der Waals surface area contributed by atoms with Crippen LogP contribution in [-0.2, 0) is 27.2 Å². The molecule has 1 heterocycles. The zero-order chi connectivity index (χ0) is 29.3. The Morgan fingerprint density at radius 2 is 1.10 bits per heavy atom. The first-order valence-electron chi connectivity index (χ1n) is 11.5. The monoisotopic (exact) mass is 576 g/mol. The van der Waals surface area contributed by atoms with Crippen molar-refractivity contribution in [3.63, 3.8) is 0 Å². The molecule has 1 aliphatic heterocycles. The fourth-order valence-electron chi connectivity index (χ4n) is 3.97. The molecule has 0 radical (unpaired) electrons. The summed E-state index contributed by atoms with van der Waals surface area (Å²) < 4.78 is 106. The molecule has 0 saturated carbocycles. The second-order valence-corrected chi connectivity index (χ2v) is 10.8. The number of Topliss-reactive ketones (excluding diaryl/α,β-unsaturated/α-hetero) is 1. The fourth-order valence-corrected chi connectivity index (χ4v) is 5.36. The van der Waals surface area contributed by atoms with Crippen molar-refractivity contribution in [2.24, 2.45) is 0 Å². The van der Waals surface area contributed by atoms with E-state index in [-0.39, 0.29) is 32.7 Å². The normalized spacial score (nSPS) is 17.3. The van der Waals surface area contributed by atoms with E-state index in [1.807, 2.05) is 6.07 Å². The van der Waals surface area contributed by atoms with Crippen LogP contribution in [0.25, 0.3) is 12.2 Å². The summed E-state index contributed by atoms with van der Waals surface area (Å²) in [6.45, 7) is -0.820. The summed E-state index contributed by atoms with van der Waals surface area (Å²) in [4.78, 5) is 13.2. The highest BCUT2D eigenvalue weighted by molar-refractivity contribution is 7.89. The van der Waals surface area contributed by atoms with Gasteiger partial charge in [0.25, 0.3) is 0 Å². The van der Waals surface area contributed by atoms with E-state index >= 15 is 0 Å². The largest absolute Gasteiger partial charge is 0.416 e. The van der Waals surface area contributed by atoms with E-state index < -0.39 is 52.4 Å². The molecule has 12 heteroatoms. The van der Waals surface area contributed by atoms with Gasteiger partial charge in [-0.15, -0.1) is 0 Å². The first-order valence-corrected chi connectivity index (χ1v) is 12.9. The van der Waals surface area contributed by atoms with E-state index in [1.165, 1.54) is 36.4 Å². The highest BCUT2D eigenvalue weighted by atomic mass is 32.2. The lowest BCUT2D eigenvalue weighted by Crippen LogP contribution is -2.41. The molecule has 4 rings (SSSR count). The molecule has 206 valence electrons. The third kappa shape index (κ3) is 6.32. The van der Waals surface area contributed by atoms with E-state index in [0.717, 1.165) is 52.8 Å². The van der Waals surface area contributed by atoms with E-state index in [0.29, 0.717) is 0 Å². The summed E-state index contributed by atoms with van der Waals surface area (Å²) in [7, 11) is -4.22. The van der Waals surface area contributed by atoms with E-state index in [4.69, 9.17) is 5.26 Å². The van der Waals surface area contributed by atoms with Crippen molar-refractivity contribution in [3.8, 4) is 6.07 Å². The smallest absolute Gasteiger partial charge is 0.289 e. The van der Waals surface area contributed by atoms with Crippen molar-refractivity contribution in [3.05, 3.63) is 112 Å². The third-order valence-corrected chi connectivity index (χ3v) is 7.86. The molecule has 0 atom stereocenters. The topological polar surface area (TPSA) is 78.2 Å². The third-order valence-electron chi connectivity index (χ3n) is 6.06. The number of benzene rings is 3. The van der Waals surface area contributed by atoms with Gasteiger partial charge in [-0.1, -0.05) is 24.3 Å². The number of nitriles is 1. The maximum absolute atomic E-state index is 13.4. The minimum Gasteiger partial charge on any atom is -0.289 e. The molecule has 0 amide bonds. The van der Waals surface area contributed by atoms with Crippen molar-refractivity contribution < 1.29 is 39.6 Å². The van der Waals surface area contributed by atoms with Crippen molar-refractivity contribution in [2.75, 3.05) is 13.1 Å². The Balaban J connectivity index is 1.75. The Bertz CT molecular complexity index is 1550. The van der Waals surface area contributed by atoms with Crippen molar-refractivity contribution in [1.29, 1.82) is 5.26 Å². The number of ketones is 1. The zero-order valence-corrected chi connectivity index (χ0v) is 21.1. The molecule has 0 aromatic heterocycles. The van der Waals surface area contributed by atoms with Crippen LogP contribution in [0, 0.1) is 11.3 Å². The van der Waals surface area contributed by atoms with Crippen LogP contribution >= 0.6 is 0 Å². The minimum absolute atomic E-state index is 0.0543. The maximum Gasteiger partial charge on any atom is 0.416 e. The molecule has 3 aromatic rings. The molecule has 1 fully saturated rings. The predicted molar refractivity (Wildman–Crippen MR) is 134 cm³/mol. The SMILES string of the molecule is N#Cc1ccc(S(=O)(=O)N2C/C(=C\c3ccc(C(F)(F)F)cc3)C(=O)/C(=C/c3ccc(C(F)(F)F)cc3)C2)cc1. The summed E-state index contributed by atoms with van der Waals surface area (Å²) in [6.07, 6.45) is -6.61. The van der Waals surface area contributed by atoms with Crippen LogP contribution in [-0.4, -0.2) is 31.6 Å². The maximum atomic E-state index is 13.4. The second-order valence-electron chi connectivity index (χ2n) is 8.82. The molecule has 40 heavy (non-hydrogen) atoms. The Morgan fingerprint density at radius 3 is 1.45 bits per heavy atom. The molecule has 0 aliphatic carbocycles. The summed E-state index contributed by atoms with van der Waals surface area (Å²) >= 11 is 0. The molecule has 0 unspecified atom stereocenters. The molecular formula is C28H18F6N2O3S. The number of rotatable bonds is 4. The summed E-state index contributed by atoms with van der Waals surface area (Å²) in [5.41, 5.74) is -1.28. The van der Waals surface area contributed by atoms with E-state index in [1.54, 1.807) is 0 Å². The van der Waals surface area contributed by atoms with Crippen molar-refractivity contribution >= 4 is 28.0 Å². The van der Waals surface area contributed by atoms with Gasteiger partial charge in [-0.25, -0.2) is 8.42 Å². The number of piperidine rings is 1. The first-order chi connectivity index (χ1) is 18.7. The second kappa shape index (κ2) is 10.7. The van der Waals surface area contributed by atoms with Crippen LogP contribution in [0.3, 0.4) is 0 Å². The Kier molecular flexibility index (Phi) is 7.74. The standard InChI is InChI=1S/C28H18F6N2O3S/c29-27(30,31)23-7-1-18(2-8-23)13-21-16-36(40(38,39)25-11-5-20(15-35)6-12-25)17-22(26(21)37)14-19-3-9-24(10-4-19)28(32,33)34/h1-14H,16-17H2/b21-13+,22-14+. The lowest BCUT2D eigenvalue weighted by molar-refractivity contribution is -0.138. The van der Waals surface area contributed by atoms with Crippen LogP contribution in [0.4, 0.5) is 26.3 Å². The van der Waals surface area contributed by atoms with Gasteiger partial charge in [-0.3, -0.25) is 4.79 Å². The highest BCUT2D eigenvalue weighted by Gasteiger charge is 2.35. The summed E-state index contributed by atoms with van der Waals surface area (Å²) in [6, 6.07) is 14.8. The molecular weight excluding hydrogens is 558 g/mol. The van der Waals surface area contributed by atoms with Gasteiger partial charge in [0.1, 0.15) is 0 Å². The molecule has 0 spiro atoms. The van der Waals surface area contributed by atoms with Gasteiger partial charge in [-0.05, 0) is 71.8 Å². The summed E-state index contributed by atoms with van der Waals surface area (Å²) in [5, 5.41) is 9.00. The van der Waals surface area contributed by atoms with Gasteiger partial charge in [-0.2, -0.15) is 35.9 Å². The van der Waals surface area contributed by atoms with Gasteiger partial charge >= 0.3 is 12.4 Å². The number of halogens is 6. The van der Waals surface area contributed by atoms with E-state index in [9.17, 15) is 39.6 Å². The van der Waals surface area contributed by atoms with Crippen LogP contribution < -0.4 is 0 Å². The van der Waals surface area contributed by atoms with E-state index in [2.05, 4.69) is 0 Å². The van der Waals surface area contributed by atoms with Crippen molar-refractivity contribution in [2.45, 2.75) is 17.2 Å². The molecule has 1 saturated heterocycles. The predicted octanol–water partition coefficient (Wildman–Crippen LogP) is 6.34. The number of sulfonamides is 1. The fraction of sp³-hybridized carbons (Fsp3) is 0.143. The lowest BCUT2D eigenvalue weighted by atomic mass is 9.95. The quantitative estimate of drug-likeness (QED) is 0.269. The molecule has 3 aromatic carbocycles. The number of hydrogen-bond acceptors (Lipinski definition) is 4. The van der Waals surface area contributed by atoms with Gasteiger partial charge in [0.05, 0.1) is 27.7 Å². The van der Waals surface area contributed by atoms with Crippen LogP contribution in [0.15, 0.2) is 88.8 Å². The minimum atomic E-state index is -4.57. The molecule has 0 N–H and O–H groups in total. The number of hydrogen-bond donors (Lipinski definition) is 0. The number of nitrogens with zero attached hydrogens (tertiary/aromatic N) is 2. The first kappa shape index (κ1) is 28.8. The van der Waals surface area contributed by atoms with Gasteiger partial charge in [0, 0.05) is 24.2 Å². The summed E-state index contributed by atoms with van der Waals surface area (Å²) in [5.74, 6) is -0.605. The highest BCUT2D eigenvalue weighted by Crippen LogP contribution is 2.32. The molecule has 0 bridgehead atoms. The Hall–Kier alpha value is -4.21. The van der Waals surface area contributed by atoms with Crippen LogP contribution in [0.1, 0.15) is 27.8 Å². The van der Waals surface area contributed by atoms with Crippen molar-refractivity contribution in [1.82, 2.24) is 4.31 Å². The number of carbonyl (C=O) groups excluding carboxylic acids is 1. The molecule has 1 aliphatic rings. The zero-order valence-electron chi connectivity index (χ0n) is 20.3. The van der Waals surface area contributed by atoms with Gasteiger partial charge < -0.3 is 0 Å². The number of alkyl halides is 6. The molecule has 5 nitrogen and oxygen atoms in total. The average molecular weight is 577 g/mol. The Labute approximate surface area is 225 Å². The van der Waals surface area contributed by atoms with Crippen LogP contribution in [0.2, 0.25) is 0 Å². The average Bonchev–Trinajstić information content (AvgIpc) is 2.90. The van der Waals surface area contributed by atoms with Crippen LogP contribution in [0.5, 0.6) is 0 Å².